The second kappa shape index (κ2) is 1.00. The molecule has 0 amide bonds. The molecule has 0 heteroatoms. The predicted molar refractivity (Wildman–Crippen MR) is 22.7 cm³/mol. The fourth-order valence-electron chi connectivity index (χ4n) is 0.493. The molecule has 0 aliphatic heterocycles. The molecule has 1 fully saturated rings. The molecular formula is C5H9-. The zero-order valence-electron chi connectivity index (χ0n) is 3.41. The minimum Gasteiger partial charge on any atom is -0.340 e. The standard InChI is InChI=1S/C5H9/c1-5-3-2-4-5/h5H,1-4H2/q-1. The molecule has 0 aromatic heterocycles. The van der Waals surface area contributed by atoms with Crippen LogP contribution in [0.25, 0.3) is 0 Å². The van der Waals surface area contributed by atoms with E-state index in [1.165, 1.54) is 19.3 Å². The Labute approximate surface area is 33.2 Å². The van der Waals surface area contributed by atoms with Gasteiger partial charge < -0.3 is 6.92 Å². The molecule has 1 aliphatic rings. The van der Waals surface area contributed by atoms with Crippen molar-refractivity contribution in [1.82, 2.24) is 0 Å². The van der Waals surface area contributed by atoms with E-state index in [2.05, 4.69) is 6.92 Å². The first-order valence-electron chi connectivity index (χ1n) is 2.22. The molecule has 1 aliphatic carbocycles. The maximum atomic E-state index is 3.84. The summed E-state index contributed by atoms with van der Waals surface area (Å²) in [7, 11) is 0. The van der Waals surface area contributed by atoms with Gasteiger partial charge in [-0.05, 0) is 0 Å². The minimum atomic E-state index is 0.815. The second-order valence-electron chi connectivity index (χ2n) is 1.80. The van der Waals surface area contributed by atoms with E-state index < -0.39 is 0 Å². The van der Waals surface area contributed by atoms with Crippen LogP contribution in [-0.4, -0.2) is 0 Å². The van der Waals surface area contributed by atoms with Crippen LogP contribution in [0.15, 0.2) is 0 Å². The smallest absolute Gasteiger partial charge is 0.0577 e. The van der Waals surface area contributed by atoms with Crippen LogP contribution < -0.4 is 0 Å². The molecule has 1 saturated carbocycles. The Morgan fingerprint density at radius 2 is 1.80 bits per heavy atom. The molecule has 0 spiro atoms. The lowest BCUT2D eigenvalue weighted by Gasteiger charge is -2.26. The highest BCUT2D eigenvalue weighted by molar-refractivity contribution is 4.69. The Kier molecular flexibility index (Phi) is 0.640. The average Bonchev–Trinajstić information content (AvgIpc) is 1.30. The molecule has 0 N–H and O–H groups in total. The fourth-order valence-corrected chi connectivity index (χ4v) is 0.493. The van der Waals surface area contributed by atoms with E-state index in [9.17, 15) is 0 Å². The van der Waals surface area contributed by atoms with Crippen LogP contribution in [0, 0.1) is 12.8 Å². The highest BCUT2D eigenvalue weighted by atomic mass is 14.1. The minimum absolute atomic E-state index is 0.815. The molecule has 0 nitrogen and oxygen atoms in total. The largest absolute Gasteiger partial charge is 0.340 e. The van der Waals surface area contributed by atoms with E-state index in [-0.39, 0.29) is 0 Å². The summed E-state index contributed by atoms with van der Waals surface area (Å²) in [6, 6.07) is 0. The summed E-state index contributed by atoms with van der Waals surface area (Å²) >= 11 is 0. The van der Waals surface area contributed by atoms with Gasteiger partial charge in [-0.15, -0.1) is 0 Å². The van der Waals surface area contributed by atoms with Gasteiger partial charge in [0.1, 0.15) is 0 Å². The summed E-state index contributed by atoms with van der Waals surface area (Å²) in [5, 5.41) is 0. The number of hydrogen-bond donors (Lipinski definition) is 0. The van der Waals surface area contributed by atoms with Gasteiger partial charge in [-0.3, -0.25) is 0 Å². The molecule has 0 bridgehead atoms. The first-order chi connectivity index (χ1) is 2.39. The first-order valence-corrected chi connectivity index (χ1v) is 2.22. The zero-order valence-corrected chi connectivity index (χ0v) is 3.41. The van der Waals surface area contributed by atoms with Crippen LogP contribution in [0.4, 0.5) is 0 Å². The van der Waals surface area contributed by atoms with Crippen LogP contribution in [-0.2, 0) is 0 Å². The Balaban J connectivity index is 2.08. The van der Waals surface area contributed by atoms with Gasteiger partial charge in [0.05, 0.1) is 0 Å². The van der Waals surface area contributed by atoms with Crippen LogP contribution in [0.5, 0.6) is 0 Å². The third-order valence-electron chi connectivity index (χ3n) is 1.22. The summed E-state index contributed by atoms with van der Waals surface area (Å²) in [6.45, 7) is 3.84. The number of rotatable bonds is 0. The summed E-state index contributed by atoms with van der Waals surface area (Å²) in [4.78, 5) is 0. The van der Waals surface area contributed by atoms with E-state index >= 15 is 0 Å². The summed E-state index contributed by atoms with van der Waals surface area (Å²) in [6.07, 6.45) is 4.17. The van der Waals surface area contributed by atoms with Crippen molar-refractivity contribution in [2.45, 2.75) is 19.3 Å². The lowest BCUT2D eigenvalue weighted by Crippen LogP contribution is -2.04. The molecule has 1 rings (SSSR count). The monoisotopic (exact) mass is 69.1 g/mol. The van der Waals surface area contributed by atoms with Gasteiger partial charge in [-0.2, -0.15) is 5.92 Å². The van der Waals surface area contributed by atoms with Crippen molar-refractivity contribution < 1.29 is 0 Å². The zero-order chi connectivity index (χ0) is 3.70. The maximum absolute atomic E-state index is 3.84. The van der Waals surface area contributed by atoms with Crippen LogP contribution >= 0.6 is 0 Å². The molecule has 0 atom stereocenters. The summed E-state index contributed by atoms with van der Waals surface area (Å²) in [5.41, 5.74) is 0. The Hall–Kier alpha value is 0. The van der Waals surface area contributed by atoms with Gasteiger partial charge in [0.25, 0.3) is 0 Å². The topological polar surface area (TPSA) is 0 Å². The highest BCUT2D eigenvalue weighted by Crippen LogP contribution is 2.23. The summed E-state index contributed by atoms with van der Waals surface area (Å²) < 4.78 is 0. The lowest BCUT2D eigenvalue weighted by atomic mass is 9.88. The SMILES string of the molecule is [CH2-]C1CCC1. The lowest BCUT2D eigenvalue weighted by molar-refractivity contribution is 0.384. The second-order valence-corrected chi connectivity index (χ2v) is 1.80. The average molecular weight is 69.1 g/mol. The van der Waals surface area contributed by atoms with E-state index in [1.807, 2.05) is 0 Å². The fraction of sp³-hybridized carbons (Fsp3) is 0.800. The first kappa shape index (κ1) is 3.20. The predicted octanol–water partition coefficient (Wildman–Crippen LogP) is 1.62. The molecule has 0 radical (unpaired) electrons. The van der Waals surface area contributed by atoms with Gasteiger partial charge in [0.2, 0.25) is 0 Å². The summed E-state index contributed by atoms with van der Waals surface area (Å²) in [5.74, 6) is 0.815. The molecule has 5 heavy (non-hydrogen) atoms. The molecule has 0 heterocycles. The van der Waals surface area contributed by atoms with E-state index in [0.29, 0.717) is 0 Å². The third kappa shape index (κ3) is 0.444. The van der Waals surface area contributed by atoms with Crippen molar-refractivity contribution in [3.05, 3.63) is 6.92 Å². The highest BCUT2D eigenvalue weighted by Gasteiger charge is 2.02. The molecule has 0 aromatic carbocycles. The molecular weight excluding hydrogens is 60.1 g/mol. The Bertz CT molecular complexity index is 27.0. The van der Waals surface area contributed by atoms with Crippen LogP contribution in [0.2, 0.25) is 0 Å². The van der Waals surface area contributed by atoms with Crippen molar-refractivity contribution in [1.29, 1.82) is 0 Å². The molecule has 30 valence electrons. The Morgan fingerprint density at radius 3 is 1.80 bits per heavy atom. The molecule has 0 saturated heterocycles. The normalized spacial score (nSPS) is 25.8. The molecule has 0 aromatic rings. The number of hydrogen-bond acceptors (Lipinski definition) is 0. The van der Waals surface area contributed by atoms with Gasteiger partial charge >= 0.3 is 0 Å². The quantitative estimate of drug-likeness (QED) is 0.379. The van der Waals surface area contributed by atoms with Crippen LogP contribution in [0.1, 0.15) is 19.3 Å². The van der Waals surface area contributed by atoms with Crippen LogP contribution in [0.3, 0.4) is 0 Å². The van der Waals surface area contributed by atoms with Gasteiger partial charge in [0, 0.05) is 0 Å². The Morgan fingerprint density at radius 1 is 1.40 bits per heavy atom. The van der Waals surface area contributed by atoms with Crippen molar-refractivity contribution in [3.8, 4) is 0 Å². The van der Waals surface area contributed by atoms with Gasteiger partial charge in [-0.25, -0.2) is 0 Å². The third-order valence-corrected chi connectivity index (χ3v) is 1.22. The van der Waals surface area contributed by atoms with Crippen molar-refractivity contribution in [3.63, 3.8) is 0 Å². The van der Waals surface area contributed by atoms with E-state index in [4.69, 9.17) is 0 Å². The van der Waals surface area contributed by atoms with E-state index in [0.717, 1.165) is 5.92 Å². The van der Waals surface area contributed by atoms with Crippen molar-refractivity contribution >= 4 is 0 Å². The van der Waals surface area contributed by atoms with Gasteiger partial charge in [0.15, 0.2) is 0 Å². The van der Waals surface area contributed by atoms with Crippen molar-refractivity contribution in [2.24, 2.45) is 5.92 Å². The molecule has 0 unspecified atom stereocenters. The van der Waals surface area contributed by atoms with E-state index in [1.54, 1.807) is 0 Å². The van der Waals surface area contributed by atoms with Crippen molar-refractivity contribution in [2.75, 3.05) is 0 Å². The van der Waals surface area contributed by atoms with Gasteiger partial charge in [-0.1, -0.05) is 19.3 Å². The maximum Gasteiger partial charge on any atom is -0.0577 e.